The Kier molecular flexibility index (Phi) is 5.17. The molecule has 0 aliphatic carbocycles. The summed E-state index contributed by atoms with van der Waals surface area (Å²) >= 11 is 0. The van der Waals surface area contributed by atoms with Crippen molar-refractivity contribution in [2.75, 3.05) is 17.3 Å². The van der Waals surface area contributed by atoms with Crippen molar-refractivity contribution in [3.8, 4) is 0 Å². The largest absolute Gasteiger partial charge is 0.370 e. The first kappa shape index (κ1) is 15.0. The molecule has 5 nitrogen and oxygen atoms in total. The fourth-order valence-corrected chi connectivity index (χ4v) is 2.76. The molecule has 0 aromatic carbocycles. The quantitative estimate of drug-likeness (QED) is 0.866. The first-order chi connectivity index (χ1) is 9.63. The number of piperidine rings is 1. The third-order valence-electron chi connectivity index (χ3n) is 3.88. The number of hydrogen-bond acceptors (Lipinski definition) is 5. The molecule has 2 heterocycles. The lowest BCUT2D eigenvalue weighted by atomic mass is 10.00. The van der Waals surface area contributed by atoms with Crippen LogP contribution in [0.5, 0.6) is 0 Å². The summed E-state index contributed by atoms with van der Waals surface area (Å²) in [4.78, 5) is 9.09. The molecule has 5 heteroatoms. The molecule has 1 saturated heterocycles. The van der Waals surface area contributed by atoms with E-state index in [1.54, 1.807) is 0 Å². The molecule has 0 saturated carbocycles. The summed E-state index contributed by atoms with van der Waals surface area (Å²) in [5.74, 6) is 2.68. The highest BCUT2D eigenvalue weighted by Crippen LogP contribution is 2.23. The Hall–Kier alpha value is -1.36. The summed E-state index contributed by atoms with van der Waals surface area (Å²) < 4.78 is 0. The van der Waals surface area contributed by atoms with E-state index < -0.39 is 0 Å². The zero-order valence-electron chi connectivity index (χ0n) is 13.1. The zero-order valence-corrected chi connectivity index (χ0v) is 13.1. The highest BCUT2D eigenvalue weighted by molar-refractivity contribution is 5.47. The maximum Gasteiger partial charge on any atom is 0.146 e. The van der Waals surface area contributed by atoms with Crippen LogP contribution < -0.4 is 10.7 Å². The Balaban J connectivity index is 2.16. The summed E-state index contributed by atoms with van der Waals surface area (Å²) in [6, 6.07) is 3.08. The number of aromatic nitrogens is 2. The molecule has 1 aliphatic rings. The van der Waals surface area contributed by atoms with E-state index in [0.29, 0.717) is 12.1 Å². The number of rotatable bonds is 5. The second-order valence-corrected chi connectivity index (χ2v) is 5.59. The molecule has 0 bridgehead atoms. The van der Waals surface area contributed by atoms with E-state index in [0.717, 1.165) is 30.4 Å². The van der Waals surface area contributed by atoms with Gasteiger partial charge in [0, 0.05) is 31.1 Å². The minimum absolute atomic E-state index is 0.543. The van der Waals surface area contributed by atoms with Crippen LogP contribution in [0, 0.1) is 0 Å². The van der Waals surface area contributed by atoms with Gasteiger partial charge in [-0.3, -0.25) is 0 Å². The van der Waals surface area contributed by atoms with E-state index in [2.05, 4.69) is 53.4 Å². The van der Waals surface area contributed by atoms with Crippen LogP contribution in [0.3, 0.4) is 0 Å². The van der Waals surface area contributed by atoms with Crippen LogP contribution >= 0.6 is 0 Å². The van der Waals surface area contributed by atoms with Crippen LogP contribution in [0.25, 0.3) is 0 Å². The molecule has 0 amide bonds. The van der Waals surface area contributed by atoms with Gasteiger partial charge in [-0.1, -0.05) is 13.3 Å². The summed E-state index contributed by atoms with van der Waals surface area (Å²) in [5, 5.41) is 5.61. The van der Waals surface area contributed by atoms with Gasteiger partial charge in [-0.05, 0) is 33.6 Å². The van der Waals surface area contributed by atoms with Crippen molar-refractivity contribution in [3.05, 3.63) is 11.9 Å². The van der Waals surface area contributed by atoms with Crippen molar-refractivity contribution in [2.45, 2.75) is 65.5 Å². The summed E-state index contributed by atoms with van der Waals surface area (Å²) in [6.07, 6.45) is 4.64. The molecule has 2 rings (SSSR count). The fraction of sp³-hybridized carbons (Fsp3) is 0.733. The van der Waals surface area contributed by atoms with Gasteiger partial charge in [-0.2, -0.15) is 0 Å². The van der Waals surface area contributed by atoms with Crippen molar-refractivity contribution in [1.29, 1.82) is 0 Å². The van der Waals surface area contributed by atoms with Crippen molar-refractivity contribution in [1.82, 2.24) is 15.0 Å². The molecule has 2 atom stereocenters. The maximum absolute atomic E-state index is 4.59. The third kappa shape index (κ3) is 3.60. The van der Waals surface area contributed by atoms with Gasteiger partial charge >= 0.3 is 0 Å². The average Bonchev–Trinajstić information content (AvgIpc) is 2.43. The van der Waals surface area contributed by atoms with E-state index in [-0.39, 0.29) is 0 Å². The number of hydrazine groups is 1. The lowest BCUT2D eigenvalue weighted by Gasteiger charge is -2.39. The van der Waals surface area contributed by atoms with Crippen LogP contribution in [-0.2, 0) is 6.42 Å². The van der Waals surface area contributed by atoms with Crippen LogP contribution in [0.2, 0.25) is 0 Å². The number of aryl methyl sites for hydroxylation is 1. The highest BCUT2D eigenvalue weighted by atomic mass is 15.5. The van der Waals surface area contributed by atoms with E-state index in [9.17, 15) is 0 Å². The van der Waals surface area contributed by atoms with Crippen molar-refractivity contribution >= 4 is 11.6 Å². The second-order valence-electron chi connectivity index (χ2n) is 5.59. The highest BCUT2D eigenvalue weighted by Gasteiger charge is 2.25. The van der Waals surface area contributed by atoms with Crippen LogP contribution in [-0.4, -0.2) is 33.6 Å². The topological polar surface area (TPSA) is 53.1 Å². The smallest absolute Gasteiger partial charge is 0.146 e. The molecule has 0 spiro atoms. The van der Waals surface area contributed by atoms with E-state index in [1.165, 1.54) is 19.3 Å². The normalized spacial score (nSPS) is 23.6. The zero-order chi connectivity index (χ0) is 14.5. The first-order valence-corrected chi connectivity index (χ1v) is 7.80. The summed E-state index contributed by atoms with van der Waals surface area (Å²) in [6.45, 7) is 9.58. The Bertz CT molecular complexity index is 424. The molecular formula is C15H27N5. The minimum Gasteiger partial charge on any atom is -0.370 e. The van der Waals surface area contributed by atoms with Crippen LogP contribution in [0.15, 0.2) is 6.07 Å². The van der Waals surface area contributed by atoms with Crippen molar-refractivity contribution in [2.24, 2.45) is 0 Å². The van der Waals surface area contributed by atoms with Gasteiger partial charge in [0.1, 0.15) is 17.5 Å². The molecule has 112 valence electrons. The molecule has 1 fully saturated rings. The number of nitrogens with zero attached hydrogens (tertiary/aromatic N) is 3. The third-order valence-corrected chi connectivity index (χ3v) is 3.88. The van der Waals surface area contributed by atoms with Crippen molar-refractivity contribution < 1.29 is 0 Å². The number of anilines is 2. The molecule has 0 radical (unpaired) electrons. The van der Waals surface area contributed by atoms with E-state index >= 15 is 0 Å². The second kappa shape index (κ2) is 6.88. The van der Waals surface area contributed by atoms with E-state index in [4.69, 9.17) is 0 Å². The van der Waals surface area contributed by atoms with Gasteiger partial charge in [0.2, 0.25) is 0 Å². The van der Waals surface area contributed by atoms with Gasteiger partial charge in [0.05, 0.1) is 0 Å². The first-order valence-electron chi connectivity index (χ1n) is 7.80. The van der Waals surface area contributed by atoms with E-state index in [1.807, 2.05) is 6.07 Å². The predicted molar refractivity (Wildman–Crippen MR) is 83.8 cm³/mol. The van der Waals surface area contributed by atoms with Gasteiger partial charge in [0.25, 0.3) is 0 Å². The lowest BCUT2D eigenvalue weighted by Crippen LogP contribution is -2.47. The molecule has 2 N–H and O–H groups in total. The monoisotopic (exact) mass is 277 g/mol. The summed E-state index contributed by atoms with van der Waals surface area (Å²) in [7, 11) is 0. The SMILES string of the molecule is CCNc1cc(NN2C(C)CCCC2C)nc(CC)n1. The van der Waals surface area contributed by atoms with Crippen LogP contribution in [0.1, 0.15) is 52.8 Å². The lowest BCUT2D eigenvalue weighted by molar-refractivity contribution is 0.135. The van der Waals surface area contributed by atoms with Gasteiger partial charge < -0.3 is 10.7 Å². The number of hydrogen-bond donors (Lipinski definition) is 2. The number of nitrogens with one attached hydrogen (secondary N) is 2. The molecule has 1 aliphatic heterocycles. The van der Waals surface area contributed by atoms with Crippen LogP contribution in [0.4, 0.5) is 11.6 Å². The van der Waals surface area contributed by atoms with Crippen molar-refractivity contribution in [3.63, 3.8) is 0 Å². The Morgan fingerprint density at radius 1 is 1.15 bits per heavy atom. The molecule has 2 unspecified atom stereocenters. The summed E-state index contributed by atoms with van der Waals surface area (Å²) in [5.41, 5.74) is 3.50. The minimum atomic E-state index is 0.543. The Morgan fingerprint density at radius 3 is 2.40 bits per heavy atom. The van der Waals surface area contributed by atoms with Gasteiger partial charge in [-0.15, -0.1) is 0 Å². The van der Waals surface area contributed by atoms with Gasteiger partial charge in [-0.25, -0.2) is 15.0 Å². The molecule has 20 heavy (non-hydrogen) atoms. The van der Waals surface area contributed by atoms with Gasteiger partial charge in [0.15, 0.2) is 0 Å². The average molecular weight is 277 g/mol. The molecule has 1 aromatic heterocycles. The predicted octanol–water partition coefficient (Wildman–Crippen LogP) is 3.06. The standard InChI is InChI=1S/C15H27N5/c1-5-13-17-14(16-6-2)10-15(18-13)19-20-11(3)8-7-9-12(20)4/h10-12H,5-9H2,1-4H3,(H2,16,17,18,19). The molecular weight excluding hydrogens is 250 g/mol. The Labute approximate surface area is 122 Å². The Morgan fingerprint density at radius 2 is 1.80 bits per heavy atom. The maximum atomic E-state index is 4.59. The molecule has 1 aromatic rings. The fourth-order valence-electron chi connectivity index (χ4n) is 2.76.